The van der Waals surface area contributed by atoms with E-state index >= 15 is 0 Å². The topological polar surface area (TPSA) is 46.2 Å². The maximum absolute atomic E-state index is 14.7. The van der Waals surface area contributed by atoms with E-state index in [9.17, 15) is 35.1 Å². The maximum Gasteiger partial charge on any atom is 0.461 e. The van der Waals surface area contributed by atoms with E-state index in [0.29, 0.717) is 67.1 Å². The summed E-state index contributed by atoms with van der Waals surface area (Å²) in [5.41, 5.74) is 4.20. The Kier molecular flexibility index (Phi) is 18.3. The first kappa shape index (κ1) is 51.5. The van der Waals surface area contributed by atoms with Gasteiger partial charge in [-0.1, -0.05) is 97.1 Å². The van der Waals surface area contributed by atoms with Gasteiger partial charge in [0.2, 0.25) is 0 Å². The molecule has 4 aromatic rings. The molecular weight excluding hydrogens is 905 g/mol. The summed E-state index contributed by atoms with van der Waals surface area (Å²) < 4.78 is 132. The molecule has 8 rings (SSSR count). The molecule has 0 N–H and O–H groups in total. The lowest BCUT2D eigenvalue weighted by molar-refractivity contribution is -0.254. The standard InChI is InChI=1S/C28H28F6O3.C28H30F2O2/c1-2-17-3-7-19(8-4-17)21-15-35-26(36-16-21)12-6-18-5-10-22(23(29)13-18)20-9-11-25(24(30)14-20)37-28(33,34)27(31)32;1-2-20-5-15-26(16-6-20)28-31-18-23(19-32-28)4-3-21-7-11-24(12-8-21)25-13-9-22(10-14-25)17-27(29)30/h2,5-6,9-14,17,19,21,26-27H,1,3-4,7-8,15-16H2;2-4,7-14,17,20,23,26,28H,1,5-6,15-16,18-19H2/b12-6+;4-3+. The molecule has 0 atom stereocenters. The number of hydrogen-bond donors (Lipinski definition) is 0. The molecule has 4 fully saturated rings. The van der Waals surface area contributed by atoms with Crippen molar-refractivity contribution in [2.45, 2.75) is 76.5 Å². The second-order valence-electron chi connectivity index (χ2n) is 18.2. The van der Waals surface area contributed by atoms with E-state index in [1.807, 2.05) is 30.3 Å². The van der Waals surface area contributed by atoms with Crippen molar-refractivity contribution in [2.24, 2.45) is 35.5 Å². The first-order valence-electron chi connectivity index (χ1n) is 23.5. The molecule has 69 heavy (non-hydrogen) atoms. The number of halogens is 8. The van der Waals surface area contributed by atoms with E-state index in [2.05, 4.69) is 48.3 Å². The molecule has 0 aromatic heterocycles. The quantitative estimate of drug-likeness (QED) is 0.0931. The molecular formula is C56H58F8O5. The Balaban J connectivity index is 0.000000206. The Labute approximate surface area is 399 Å². The van der Waals surface area contributed by atoms with Crippen molar-refractivity contribution in [1.29, 1.82) is 0 Å². The van der Waals surface area contributed by atoms with Crippen LogP contribution in [0.1, 0.15) is 68.1 Å². The van der Waals surface area contributed by atoms with Crippen LogP contribution in [-0.2, 0) is 18.9 Å². The summed E-state index contributed by atoms with van der Waals surface area (Å²) in [5, 5.41) is 0. The van der Waals surface area contributed by atoms with Crippen molar-refractivity contribution in [3.63, 3.8) is 0 Å². The van der Waals surface area contributed by atoms with E-state index in [-0.39, 0.29) is 23.3 Å². The Hall–Kier alpha value is -5.34. The summed E-state index contributed by atoms with van der Waals surface area (Å²) in [6.07, 6.45) is 10.6. The van der Waals surface area contributed by atoms with Gasteiger partial charge in [0.15, 0.2) is 24.1 Å². The average Bonchev–Trinajstić information content (AvgIpc) is 3.36. The van der Waals surface area contributed by atoms with Crippen LogP contribution >= 0.6 is 0 Å². The zero-order chi connectivity index (χ0) is 48.9. The van der Waals surface area contributed by atoms with Gasteiger partial charge >= 0.3 is 12.5 Å². The Morgan fingerprint density at radius 2 is 1.10 bits per heavy atom. The lowest BCUT2D eigenvalue weighted by Gasteiger charge is -2.36. The van der Waals surface area contributed by atoms with Crippen LogP contribution in [0.4, 0.5) is 35.1 Å². The third-order valence-electron chi connectivity index (χ3n) is 13.4. The first-order chi connectivity index (χ1) is 33.3. The van der Waals surface area contributed by atoms with Gasteiger partial charge in [0.25, 0.3) is 6.08 Å². The molecule has 2 aliphatic carbocycles. The van der Waals surface area contributed by atoms with Crippen LogP contribution in [0.2, 0.25) is 0 Å². The van der Waals surface area contributed by atoms with Gasteiger partial charge in [-0.05, 0) is 127 Å². The zero-order valence-electron chi connectivity index (χ0n) is 38.3. The fourth-order valence-electron chi connectivity index (χ4n) is 9.27. The molecule has 2 aliphatic heterocycles. The van der Waals surface area contributed by atoms with Gasteiger partial charge in [-0.3, -0.25) is 0 Å². The van der Waals surface area contributed by atoms with Gasteiger partial charge in [-0.2, -0.15) is 26.3 Å². The Bertz CT molecular complexity index is 2360. The Morgan fingerprint density at radius 1 is 0.565 bits per heavy atom. The van der Waals surface area contributed by atoms with Gasteiger partial charge in [0.05, 0.1) is 26.4 Å². The predicted molar refractivity (Wildman–Crippen MR) is 253 cm³/mol. The van der Waals surface area contributed by atoms with Gasteiger partial charge in [-0.25, -0.2) is 8.78 Å². The average molecular weight is 963 g/mol. The molecule has 0 amide bonds. The molecule has 2 saturated carbocycles. The highest BCUT2D eigenvalue weighted by Gasteiger charge is 2.44. The number of allylic oxidation sites excluding steroid dienone is 2. The van der Waals surface area contributed by atoms with Crippen LogP contribution in [0.3, 0.4) is 0 Å². The third-order valence-corrected chi connectivity index (χ3v) is 13.4. The van der Waals surface area contributed by atoms with Crippen molar-refractivity contribution < 1.29 is 58.8 Å². The van der Waals surface area contributed by atoms with E-state index < -0.39 is 42.3 Å². The van der Waals surface area contributed by atoms with Crippen molar-refractivity contribution in [3.05, 3.63) is 157 Å². The van der Waals surface area contributed by atoms with Gasteiger partial charge in [0, 0.05) is 29.4 Å². The normalized spacial score (nSPS) is 25.5. The van der Waals surface area contributed by atoms with E-state index in [1.165, 1.54) is 25.0 Å². The van der Waals surface area contributed by atoms with Crippen LogP contribution < -0.4 is 4.74 Å². The lowest BCUT2D eigenvalue weighted by Crippen LogP contribution is -2.37. The molecule has 0 bridgehead atoms. The zero-order valence-corrected chi connectivity index (χ0v) is 38.3. The first-order valence-corrected chi connectivity index (χ1v) is 23.5. The minimum Gasteiger partial charge on any atom is -0.425 e. The third kappa shape index (κ3) is 14.6. The minimum atomic E-state index is -4.85. The number of rotatable bonds is 14. The fraction of sp³-hybridized carbons (Fsp3) is 0.393. The molecule has 4 aromatic carbocycles. The molecule has 0 unspecified atom stereocenters. The number of alkyl halides is 4. The highest BCUT2D eigenvalue weighted by Crippen LogP contribution is 2.38. The molecule has 4 aliphatic rings. The van der Waals surface area contributed by atoms with Crippen LogP contribution in [0.15, 0.2) is 128 Å². The van der Waals surface area contributed by atoms with E-state index in [1.54, 1.807) is 30.4 Å². The van der Waals surface area contributed by atoms with Crippen molar-refractivity contribution >= 4 is 18.2 Å². The van der Waals surface area contributed by atoms with Crippen LogP contribution in [0.5, 0.6) is 5.75 Å². The molecule has 2 saturated heterocycles. The summed E-state index contributed by atoms with van der Waals surface area (Å²) in [5.74, 6) is -0.125. The van der Waals surface area contributed by atoms with E-state index in [4.69, 9.17) is 18.9 Å². The number of benzene rings is 4. The highest BCUT2D eigenvalue weighted by atomic mass is 19.3. The monoisotopic (exact) mass is 962 g/mol. The van der Waals surface area contributed by atoms with E-state index in [0.717, 1.165) is 79.5 Å². The molecule has 13 heteroatoms. The second kappa shape index (κ2) is 24.5. The molecule has 368 valence electrons. The molecule has 0 radical (unpaired) electrons. The van der Waals surface area contributed by atoms with Gasteiger partial charge < -0.3 is 23.7 Å². The minimum absolute atomic E-state index is 0.00223. The molecule has 0 spiro atoms. The lowest BCUT2D eigenvalue weighted by atomic mass is 9.76. The van der Waals surface area contributed by atoms with Gasteiger partial charge in [0.1, 0.15) is 5.82 Å². The van der Waals surface area contributed by atoms with Crippen LogP contribution in [0.25, 0.3) is 40.5 Å². The summed E-state index contributed by atoms with van der Waals surface area (Å²) in [6.45, 7) is 10.4. The second-order valence-corrected chi connectivity index (χ2v) is 18.2. The summed E-state index contributed by atoms with van der Waals surface area (Å²) >= 11 is 0. The summed E-state index contributed by atoms with van der Waals surface area (Å²) in [7, 11) is 0. The molecule has 5 nitrogen and oxygen atoms in total. The smallest absolute Gasteiger partial charge is 0.425 e. The highest BCUT2D eigenvalue weighted by molar-refractivity contribution is 5.68. The van der Waals surface area contributed by atoms with Crippen molar-refractivity contribution in [1.82, 2.24) is 0 Å². The predicted octanol–water partition coefficient (Wildman–Crippen LogP) is 15.4. The Morgan fingerprint density at radius 3 is 1.64 bits per heavy atom. The van der Waals surface area contributed by atoms with Gasteiger partial charge in [-0.15, -0.1) is 13.2 Å². The number of hydrogen-bond acceptors (Lipinski definition) is 5. The molecule has 2 heterocycles. The van der Waals surface area contributed by atoms with Crippen molar-refractivity contribution in [2.75, 3.05) is 26.4 Å². The fourth-order valence-corrected chi connectivity index (χ4v) is 9.27. The maximum atomic E-state index is 14.7. The summed E-state index contributed by atoms with van der Waals surface area (Å²) in [4.78, 5) is 0. The summed E-state index contributed by atoms with van der Waals surface area (Å²) in [6, 6.07) is 22.1. The van der Waals surface area contributed by atoms with Crippen LogP contribution in [-0.4, -0.2) is 51.5 Å². The number of ether oxygens (including phenoxy) is 5. The SMILES string of the molecule is C=CC1CCC(C2COC(/C=C/c3ccc(-c4ccc(OC(F)(F)C(F)F)c(F)c4)c(F)c3)OC2)CC1.C=CC1CCC(C2OCC(/C=C/c3ccc(-c4ccc(C=C(F)F)cc4)cc3)CO2)CC1. The van der Waals surface area contributed by atoms with Crippen molar-refractivity contribution in [3.8, 4) is 28.0 Å². The largest absolute Gasteiger partial charge is 0.461 e. The van der Waals surface area contributed by atoms with Crippen LogP contribution in [0, 0.1) is 47.1 Å².